The quantitative estimate of drug-likeness (QED) is 0.553. The Labute approximate surface area is 159 Å². The van der Waals surface area contributed by atoms with Gasteiger partial charge in [-0.1, -0.05) is 12.1 Å². The molecule has 1 N–H and O–H groups in total. The van der Waals surface area contributed by atoms with E-state index in [4.69, 9.17) is 0 Å². The molecule has 3 aromatic heterocycles. The van der Waals surface area contributed by atoms with Crippen molar-refractivity contribution in [1.82, 2.24) is 19.4 Å². The molecular formula is C20H17N5OS. The zero-order chi connectivity index (χ0) is 18.4. The molecule has 0 radical (unpaired) electrons. The molecule has 1 aliphatic rings. The van der Waals surface area contributed by atoms with Crippen molar-refractivity contribution in [2.24, 2.45) is 0 Å². The number of hydrogen-bond donors (Lipinski definition) is 1. The number of nitrogens with zero attached hydrogens (tertiary/aromatic N) is 4. The third kappa shape index (κ3) is 2.92. The average Bonchev–Trinajstić information content (AvgIpc) is 3.13. The minimum absolute atomic E-state index is 0.113. The lowest BCUT2D eigenvalue weighted by Gasteiger charge is -2.05. The van der Waals surface area contributed by atoms with Crippen LogP contribution in [-0.4, -0.2) is 25.1 Å². The Hall–Kier alpha value is -2.98. The summed E-state index contributed by atoms with van der Waals surface area (Å²) in [5, 5.41) is 11.6. The fourth-order valence-corrected chi connectivity index (χ4v) is 4.31. The highest BCUT2D eigenvalue weighted by Gasteiger charge is 2.27. The van der Waals surface area contributed by atoms with Crippen LogP contribution in [0.1, 0.15) is 48.3 Å². The lowest BCUT2D eigenvalue weighted by Crippen LogP contribution is -2.13. The van der Waals surface area contributed by atoms with Crippen LogP contribution >= 0.6 is 11.3 Å². The highest BCUT2D eigenvalue weighted by Crippen LogP contribution is 2.40. The van der Waals surface area contributed by atoms with Gasteiger partial charge in [-0.2, -0.15) is 5.26 Å². The molecule has 3 heterocycles. The number of carbonyl (C=O) groups excluding carboxylic acids is 1. The van der Waals surface area contributed by atoms with Crippen molar-refractivity contribution < 1.29 is 4.79 Å². The van der Waals surface area contributed by atoms with E-state index in [1.807, 2.05) is 24.3 Å². The summed E-state index contributed by atoms with van der Waals surface area (Å²) in [4.78, 5) is 25.9. The normalized spacial score (nSPS) is 15.2. The van der Waals surface area contributed by atoms with E-state index in [2.05, 4.69) is 37.0 Å². The van der Waals surface area contributed by atoms with E-state index >= 15 is 0 Å². The number of aromatic nitrogens is 4. The molecule has 0 aliphatic heterocycles. The van der Waals surface area contributed by atoms with Crippen LogP contribution in [0.25, 0.3) is 16.0 Å². The van der Waals surface area contributed by atoms with Crippen molar-refractivity contribution in [1.29, 1.82) is 5.26 Å². The van der Waals surface area contributed by atoms with Crippen LogP contribution in [0.2, 0.25) is 0 Å². The number of ketones is 1. The molecule has 1 saturated carbocycles. The molecule has 6 nitrogen and oxygen atoms in total. The number of para-hydroxylation sites is 2. The molecule has 134 valence electrons. The Balaban J connectivity index is 1.33. The number of thiazole rings is 1. The van der Waals surface area contributed by atoms with E-state index in [1.165, 1.54) is 12.8 Å². The van der Waals surface area contributed by atoms with Crippen molar-refractivity contribution in [3.05, 3.63) is 53.1 Å². The number of fused-ring (bicyclic) bond motifs is 2. The van der Waals surface area contributed by atoms with Crippen LogP contribution < -0.4 is 0 Å². The number of benzene rings is 1. The first kappa shape index (κ1) is 16.2. The maximum Gasteiger partial charge on any atom is 0.194 e. The van der Waals surface area contributed by atoms with Gasteiger partial charge in [0.05, 0.1) is 22.8 Å². The Morgan fingerprint density at radius 1 is 1.37 bits per heavy atom. The number of aryl methyl sites for hydroxylation is 1. The highest BCUT2D eigenvalue weighted by molar-refractivity contribution is 7.15. The molecule has 1 unspecified atom stereocenters. The average molecular weight is 375 g/mol. The second-order valence-electron chi connectivity index (χ2n) is 6.99. The molecule has 1 fully saturated rings. The van der Waals surface area contributed by atoms with E-state index in [0.717, 1.165) is 27.4 Å². The number of rotatable bonds is 6. The first-order valence-corrected chi connectivity index (χ1v) is 9.93. The van der Waals surface area contributed by atoms with Gasteiger partial charge in [0.15, 0.2) is 16.7 Å². The largest absolute Gasteiger partial charge is 0.340 e. The zero-order valence-electron chi connectivity index (χ0n) is 14.6. The molecule has 27 heavy (non-hydrogen) atoms. The molecule has 5 rings (SSSR count). The summed E-state index contributed by atoms with van der Waals surface area (Å²) in [5.74, 6) is 0.0650. The molecule has 0 spiro atoms. The standard InChI is InChI=1S/C20H17N5OS/c21-9-14(19-22-15-3-1-2-4-16(15)23-19)18(26)8-7-13-11-27-20-24-17(10-25(13)20)12-5-6-12/h1-4,10-12,14H,5-8H2,(H,22,23). The van der Waals surface area contributed by atoms with Gasteiger partial charge in [-0.05, 0) is 31.4 Å². The molecule has 0 saturated heterocycles. The number of nitriles is 1. The van der Waals surface area contributed by atoms with Gasteiger partial charge in [0.25, 0.3) is 0 Å². The molecule has 1 aromatic carbocycles. The third-order valence-corrected chi connectivity index (χ3v) is 5.95. The first-order valence-electron chi connectivity index (χ1n) is 9.05. The summed E-state index contributed by atoms with van der Waals surface area (Å²) in [6.45, 7) is 0. The van der Waals surface area contributed by atoms with Gasteiger partial charge >= 0.3 is 0 Å². The van der Waals surface area contributed by atoms with E-state index < -0.39 is 5.92 Å². The van der Waals surface area contributed by atoms with Crippen molar-refractivity contribution in [2.75, 3.05) is 0 Å². The minimum atomic E-state index is -0.865. The number of imidazole rings is 2. The van der Waals surface area contributed by atoms with Gasteiger partial charge in [-0.3, -0.25) is 9.20 Å². The lowest BCUT2D eigenvalue weighted by molar-refractivity contribution is -0.119. The third-order valence-electron chi connectivity index (χ3n) is 5.06. The van der Waals surface area contributed by atoms with Crippen LogP contribution in [0.15, 0.2) is 35.8 Å². The molecular weight excluding hydrogens is 358 g/mol. The maximum absolute atomic E-state index is 12.7. The number of aromatic amines is 1. The summed E-state index contributed by atoms with van der Waals surface area (Å²) in [7, 11) is 0. The number of hydrogen-bond acceptors (Lipinski definition) is 5. The number of carbonyl (C=O) groups is 1. The van der Waals surface area contributed by atoms with E-state index in [-0.39, 0.29) is 5.78 Å². The highest BCUT2D eigenvalue weighted by atomic mass is 32.1. The summed E-state index contributed by atoms with van der Waals surface area (Å²) in [6, 6.07) is 9.66. The SMILES string of the molecule is N#CC(C(=O)CCc1csc2nc(C3CC3)cn12)c1nc2ccccc2[nH]1. The molecule has 7 heteroatoms. The monoisotopic (exact) mass is 375 g/mol. The number of H-pyrrole nitrogens is 1. The Morgan fingerprint density at radius 3 is 3.00 bits per heavy atom. The molecule has 1 atom stereocenters. The van der Waals surface area contributed by atoms with Gasteiger partial charge < -0.3 is 4.98 Å². The van der Waals surface area contributed by atoms with Crippen LogP contribution in [0.3, 0.4) is 0 Å². The second kappa shape index (κ2) is 6.32. The minimum Gasteiger partial charge on any atom is -0.340 e. The topological polar surface area (TPSA) is 86.8 Å². The summed E-state index contributed by atoms with van der Waals surface area (Å²) < 4.78 is 2.09. The van der Waals surface area contributed by atoms with Crippen LogP contribution in [-0.2, 0) is 11.2 Å². The van der Waals surface area contributed by atoms with Gasteiger partial charge in [0.1, 0.15) is 5.82 Å². The molecule has 0 amide bonds. The molecule has 1 aliphatic carbocycles. The Morgan fingerprint density at radius 2 is 2.22 bits per heavy atom. The van der Waals surface area contributed by atoms with Gasteiger partial charge in [0.2, 0.25) is 0 Å². The van der Waals surface area contributed by atoms with Gasteiger partial charge in [-0.25, -0.2) is 9.97 Å². The van der Waals surface area contributed by atoms with Crippen LogP contribution in [0.4, 0.5) is 0 Å². The van der Waals surface area contributed by atoms with E-state index in [1.54, 1.807) is 11.3 Å². The summed E-state index contributed by atoms with van der Waals surface area (Å²) >= 11 is 1.60. The zero-order valence-corrected chi connectivity index (χ0v) is 15.4. The molecule has 0 bridgehead atoms. The van der Waals surface area contributed by atoms with Crippen LogP contribution in [0.5, 0.6) is 0 Å². The van der Waals surface area contributed by atoms with E-state index in [9.17, 15) is 10.1 Å². The predicted octanol–water partition coefficient (Wildman–Crippen LogP) is 3.96. The Kier molecular flexibility index (Phi) is 3.80. The smallest absolute Gasteiger partial charge is 0.194 e. The maximum atomic E-state index is 12.7. The van der Waals surface area contributed by atoms with Crippen LogP contribution in [0, 0.1) is 11.3 Å². The fourth-order valence-electron chi connectivity index (χ4n) is 3.39. The van der Waals surface area contributed by atoms with Gasteiger partial charge in [-0.15, -0.1) is 11.3 Å². The van der Waals surface area contributed by atoms with Crippen molar-refractivity contribution in [3.8, 4) is 6.07 Å². The Bertz CT molecular complexity index is 1160. The lowest BCUT2D eigenvalue weighted by atomic mass is 10.0. The predicted molar refractivity (Wildman–Crippen MR) is 103 cm³/mol. The van der Waals surface area contributed by atoms with Crippen molar-refractivity contribution in [3.63, 3.8) is 0 Å². The fraction of sp³-hybridized carbons (Fsp3) is 0.300. The first-order chi connectivity index (χ1) is 13.2. The van der Waals surface area contributed by atoms with Gasteiger partial charge in [0, 0.05) is 29.6 Å². The summed E-state index contributed by atoms with van der Waals surface area (Å²) in [6.07, 6.45) is 5.44. The number of Topliss-reactive ketones (excluding diaryl/α,β-unsaturated/α-hetero) is 1. The van der Waals surface area contributed by atoms with Crippen molar-refractivity contribution in [2.45, 2.75) is 37.5 Å². The van der Waals surface area contributed by atoms with E-state index in [0.29, 0.717) is 24.6 Å². The summed E-state index contributed by atoms with van der Waals surface area (Å²) in [5.41, 5.74) is 3.84. The molecule has 4 aromatic rings. The van der Waals surface area contributed by atoms with Crippen molar-refractivity contribution >= 4 is 33.1 Å². The second-order valence-corrected chi connectivity index (χ2v) is 7.82. The number of nitrogens with one attached hydrogen (secondary N) is 1.